The lowest BCUT2D eigenvalue weighted by Crippen LogP contribution is -2.23. The van der Waals surface area contributed by atoms with Gasteiger partial charge in [0.1, 0.15) is 5.75 Å². The molecule has 21 heavy (non-hydrogen) atoms. The number of carbonyl (C=O) groups excluding carboxylic acids is 1. The van der Waals surface area contributed by atoms with Gasteiger partial charge in [-0.2, -0.15) is 5.10 Å². The number of aryl methyl sites for hydroxylation is 2. The zero-order chi connectivity index (χ0) is 15.6. The molecule has 0 saturated carbocycles. The number of hydrogen-bond acceptors (Lipinski definition) is 4. The fraction of sp³-hybridized carbons (Fsp3) is 0.333. The Bertz CT molecular complexity index is 677. The first kappa shape index (κ1) is 14.9. The standard InChI is InChI=1S/C15H20N4O2/c1-9-12(10(2)19(3)18-9)8-17-15(20)11-5-6-13(16)14(7-11)21-4/h5-7H,8,16H2,1-4H3,(H,17,20). The smallest absolute Gasteiger partial charge is 0.251 e. The lowest BCUT2D eigenvalue weighted by Gasteiger charge is -2.09. The Morgan fingerprint density at radius 1 is 1.43 bits per heavy atom. The minimum Gasteiger partial charge on any atom is -0.495 e. The van der Waals surface area contributed by atoms with Crippen molar-refractivity contribution in [1.29, 1.82) is 0 Å². The van der Waals surface area contributed by atoms with Crippen LogP contribution in [0.15, 0.2) is 18.2 Å². The largest absolute Gasteiger partial charge is 0.495 e. The van der Waals surface area contributed by atoms with Gasteiger partial charge in [0.05, 0.1) is 18.5 Å². The maximum Gasteiger partial charge on any atom is 0.251 e. The number of carbonyl (C=O) groups is 1. The van der Waals surface area contributed by atoms with Crippen molar-refractivity contribution in [1.82, 2.24) is 15.1 Å². The molecule has 6 nitrogen and oxygen atoms in total. The Balaban J connectivity index is 2.12. The summed E-state index contributed by atoms with van der Waals surface area (Å²) in [5.74, 6) is 0.326. The number of nitrogen functional groups attached to an aromatic ring is 1. The van der Waals surface area contributed by atoms with E-state index in [-0.39, 0.29) is 5.91 Å². The monoisotopic (exact) mass is 288 g/mol. The molecule has 0 aliphatic carbocycles. The van der Waals surface area contributed by atoms with Crippen LogP contribution in [0.1, 0.15) is 27.3 Å². The van der Waals surface area contributed by atoms with Gasteiger partial charge in [0.25, 0.3) is 5.91 Å². The molecule has 1 aromatic carbocycles. The molecule has 0 bridgehead atoms. The second-order valence-electron chi connectivity index (χ2n) is 4.91. The van der Waals surface area contributed by atoms with Gasteiger partial charge in [-0.3, -0.25) is 9.48 Å². The summed E-state index contributed by atoms with van der Waals surface area (Å²) >= 11 is 0. The highest BCUT2D eigenvalue weighted by Crippen LogP contribution is 2.22. The van der Waals surface area contributed by atoms with E-state index in [1.54, 1.807) is 18.2 Å². The highest BCUT2D eigenvalue weighted by molar-refractivity contribution is 5.95. The van der Waals surface area contributed by atoms with E-state index in [1.807, 2.05) is 25.6 Å². The number of nitrogens with one attached hydrogen (secondary N) is 1. The van der Waals surface area contributed by atoms with Crippen LogP contribution in [0.2, 0.25) is 0 Å². The van der Waals surface area contributed by atoms with Gasteiger partial charge in [0, 0.05) is 30.4 Å². The SMILES string of the molecule is COc1cc(C(=O)NCc2c(C)nn(C)c2C)ccc1N. The second kappa shape index (κ2) is 5.87. The Kier molecular flexibility index (Phi) is 4.16. The molecule has 2 aromatic rings. The van der Waals surface area contributed by atoms with E-state index in [0.717, 1.165) is 17.0 Å². The highest BCUT2D eigenvalue weighted by atomic mass is 16.5. The van der Waals surface area contributed by atoms with E-state index in [4.69, 9.17) is 10.5 Å². The highest BCUT2D eigenvalue weighted by Gasteiger charge is 2.12. The van der Waals surface area contributed by atoms with E-state index in [1.165, 1.54) is 7.11 Å². The minimum atomic E-state index is -0.170. The number of aromatic nitrogens is 2. The fourth-order valence-electron chi connectivity index (χ4n) is 2.20. The Morgan fingerprint density at radius 3 is 2.71 bits per heavy atom. The molecule has 0 spiro atoms. The van der Waals surface area contributed by atoms with Crippen LogP contribution in [0.4, 0.5) is 5.69 Å². The van der Waals surface area contributed by atoms with Gasteiger partial charge in [0.2, 0.25) is 0 Å². The van der Waals surface area contributed by atoms with Crippen LogP contribution in [-0.2, 0) is 13.6 Å². The third-order valence-electron chi connectivity index (χ3n) is 3.58. The number of nitrogens with two attached hydrogens (primary N) is 1. The number of methoxy groups -OCH3 is 1. The molecule has 0 aliphatic rings. The number of anilines is 1. The molecule has 0 atom stereocenters. The van der Waals surface area contributed by atoms with Gasteiger partial charge in [-0.25, -0.2) is 0 Å². The molecule has 0 saturated heterocycles. The van der Waals surface area contributed by atoms with E-state index in [9.17, 15) is 4.79 Å². The summed E-state index contributed by atoms with van der Waals surface area (Å²) in [6.07, 6.45) is 0. The molecule has 0 unspecified atom stereocenters. The van der Waals surface area contributed by atoms with Gasteiger partial charge in [-0.1, -0.05) is 0 Å². The van der Waals surface area contributed by atoms with E-state index in [0.29, 0.717) is 23.5 Å². The van der Waals surface area contributed by atoms with Gasteiger partial charge >= 0.3 is 0 Å². The molecule has 1 amide bonds. The summed E-state index contributed by atoms with van der Waals surface area (Å²) in [6, 6.07) is 4.97. The zero-order valence-corrected chi connectivity index (χ0v) is 12.7. The average molecular weight is 288 g/mol. The maximum atomic E-state index is 12.2. The molecule has 0 fully saturated rings. The quantitative estimate of drug-likeness (QED) is 0.836. The predicted octanol–water partition coefficient (Wildman–Crippen LogP) is 1.56. The lowest BCUT2D eigenvalue weighted by molar-refractivity contribution is 0.0950. The first-order chi connectivity index (χ1) is 9.93. The van der Waals surface area contributed by atoms with Crippen molar-refractivity contribution in [3.63, 3.8) is 0 Å². The minimum absolute atomic E-state index is 0.170. The Hall–Kier alpha value is -2.50. The summed E-state index contributed by atoms with van der Waals surface area (Å²) in [5, 5.41) is 7.22. The number of amides is 1. The van der Waals surface area contributed by atoms with Gasteiger partial charge in [-0.15, -0.1) is 0 Å². The number of nitrogens with zero attached hydrogens (tertiary/aromatic N) is 2. The van der Waals surface area contributed by atoms with Crippen LogP contribution in [0.3, 0.4) is 0 Å². The van der Waals surface area contributed by atoms with Crippen LogP contribution in [0.25, 0.3) is 0 Å². The number of rotatable bonds is 4. The summed E-state index contributed by atoms with van der Waals surface area (Å²) in [4.78, 5) is 12.2. The van der Waals surface area contributed by atoms with E-state index in [2.05, 4.69) is 10.4 Å². The van der Waals surface area contributed by atoms with E-state index >= 15 is 0 Å². The van der Waals surface area contributed by atoms with Crippen molar-refractivity contribution in [3.05, 3.63) is 40.7 Å². The Morgan fingerprint density at radius 2 is 2.14 bits per heavy atom. The van der Waals surface area contributed by atoms with E-state index < -0.39 is 0 Å². The van der Waals surface area contributed by atoms with Crippen LogP contribution in [0, 0.1) is 13.8 Å². The predicted molar refractivity (Wildman–Crippen MR) is 81.3 cm³/mol. The van der Waals surface area contributed by atoms with Crippen LogP contribution < -0.4 is 15.8 Å². The molecule has 0 radical (unpaired) electrons. The summed E-state index contributed by atoms with van der Waals surface area (Å²) < 4.78 is 6.93. The molecular weight excluding hydrogens is 268 g/mol. The van der Waals surface area contributed by atoms with Gasteiger partial charge < -0.3 is 15.8 Å². The Labute approximate surface area is 123 Å². The van der Waals surface area contributed by atoms with Crippen molar-refractivity contribution in [3.8, 4) is 5.75 Å². The molecule has 1 heterocycles. The molecule has 0 aliphatic heterocycles. The molecule has 3 N–H and O–H groups in total. The zero-order valence-electron chi connectivity index (χ0n) is 12.7. The fourth-order valence-corrected chi connectivity index (χ4v) is 2.20. The average Bonchev–Trinajstić information content (AvgIpc) is 2.70. The summed E-state index contributed by atoms with van der Waals surface area (Å²) in [6.45, 7) is 4.35. The van der Waals surface area contributed by atoms with Gasteiger partial charge in [0.15, 0.2) is 0 Å². The summed E-state index contributed by atoms with van der Waals surface area (Å²) in [7, 11) is 3.41. The molecule has 2 rings (SSSR count). The molecule has 6 heteroatoms. The summed E-state index contributed by atoms with van der Waals surface area (Å²) in [5.41, 5.74) is 9.76. The van der Waals surface area contributed by atoms with Crippen molar-refractivity contribution < 1.29 is 9.53 Å². The second-order valence-corrected chi connectivity index (χ2v) is 4.91. The maximum absolute atomic E-state index is 12.2. The molecule has 112 valence electrons. The third-order valence-corrected chi connectivity index (χ3v) is 3.58. The van der Waals surface area contributed by atoms with Crippen molar-refractivity contribution in [2.24, 2.45) is 7.05 Å². The van der Waals surface area contributed by atoms with Crippen molar-refractivity contribution >= 4 is 11.6 Å². The van der Waals surface area contributed by atoms with Crippen molar-refractivity contribution in [2.75, 3.05) is 12.8 Å². The topological polar surface area (TPSA) is 82.2 Å². The number of hydrogen-bond donors (Lipinski definition) is 2. The van der Waals surface area contributed by atoms with Crippen LogP contribution in [0.5, 0.6) is 5.75 Å². The van der Waals surface area contributed by atoms with Crippen LogP contribution >= 0.6 is 0 Å². The first-order valence-corrected chi connectivity index (χ1v) is 6.64. The molecule has 1 aromatic heterocycles. The number of benzene rings is 1. The van der Waals surface area contributed by atoms with Crippen LogP contribution in [-0.4, -0.2) is 22.8 Å². The number of ether oxygens (including phenoxy) is 1. The lowest BCUT2D eigenvalue weighted by atomic mass is 10.1. The normalized spacial score (nSPS) is 10.5. The third kappa shape index (κ3) is 2.99. The molecular formula is C15H20N4O2. The van der Waals surface area contributed by atoms with Gasteiger partial charge in [-0.05, 0) is 32.0 Å². The first-order valence-electron chi connectivity index (χ1n) is 6.64. The van der Waals surface area contributed by atoms with Crippen molar-refractivity contribution in [2.45, 2.75) is 20.4 Å².